The third kappa shape index (κ3) is 2.06. The van der Waals surface area contributed by atoms with Crippen molar-refractivity contribution in [1.29, 1.82) is 0 Å². The minimum atomic E-state index is 0.391. The molecular weight excluding hydrogens is 236 g/mol. The van der Waals surface area contributed by atoms with Gasteiger partial charge >= 0.3 is 0 Å². The van der Waals surface area contributed by atoms with Gasteiger partial charge in [-0.25, -0.2) is 0 Å². The Morgan fingerprint density at radius 1 is 1.32 bits per heavy atom. The highest BCUT2D eigenvalue weighted by atomic mass is 15.3. The molecule has 1 unspecified atom stereocenters. The predicted octanol–water partition coefficient (Wildman–Crippen LogP) is 2.08. The van der Waals surface area contributed by atoms with E-state index in [4.69, 9.17) is 5.73 Å². The molecule has 3 rings (SSSR count). The van der Waals surface area contributed by atoms with Crippen LogP contribution in [0.5, 0.6) is 0 Å². The van der Waals surface area contributed by atoms with Crippen LogP contribution in [0, 0.1) is 5.92 Å². The molecule has 0 radical (unpaired) electrons. The second kappa shape index (κ2) is 4.78. The van der Waals surface area contributed by atoms with Crippen molar-refractivity contribution in [2.45, 2.75) is 39.3 Å². The van der Waals surface area contributed by atoms with Crippen LogP contribution in [0.2, 0.25) is 0 Å². The van der Waals surface area contributed by atoms with Crippen molar-refractivity contribution in [2.24, 2.45) is 11.7 Å². The molecule has 4 nitrogen and oxygen atoms in total. The first-order chi connectivity index (χ1) is 9.20. The van der Waals surface area contributed by atoms with Crippen LogP contribution in [-0.4, -0.2) is 14.8 Å². The van der Waals surface area contributed by atoms with E-state index in [9.17, 15) is 0 Å². The number of rotatable bonds is 4. The maximum Gasteiger partial charge on any atom is 0.146 e. The van der Waals surface area contributed by atoms with E-state index in [-0.39, 0.29) is 0 Å². The van der Waals surface area contributed by atoms with E-state index in [2.05, 4.69) is 52.9 Å². The molecule has 0 amide bonds. The standard InChI is InChI=1S/C15H20N4/c1-10(2)9-19-14(8-16)17-18-15(19)13-7-11-5-3-4-6-12(11)13/h3-6,10,13H,7-9,16H2,1-2H3. The van der Waals surface area contributed by atoms with Gasteiger partial charge in [-0.2, -0.15) is 0 Å². The normalized spacial score (nSPS) is 17.4. The summed E-state index contributed by atoms with van der Waals surface area (Å²) in [5.41, 5.74) is 8.59. The summed E-state index contributed by atoms with van der Waals surface area (Å²) in [5.74, 6) is 2.93. The topological polar surface area (TPSA) is 56.7 Å². The van der Waals surface area contributed by atoms with Gasteiger partial charge < -0.3 is 10.3 Å². The van der Waals surface area contributed by atoms with Crippen molar-refractivity contribution in [2.75, 3.05) is 0 Å². The minimum Gasteiger partial charge on any atom is -0.324 e. The molecule has 1 aliphatic carbocycles. The first-order valence-electron chi connectivity index (χ1n) is 6.90. The average Bonchev–Trinajstić information content (AvgIpc) is 2.73. The molecule has 0 bridgehead atoms. The van der Waals surface area contributed by atoms with Gasteiger partial charge in [0.05, 0.1) is 6.54 Å². The van der Waals surface area contributed by atoms with Gasteiger partial charge in [0.15, 0.2) is 0 Å². The maximum absolute atomic E-state index is 5.77. The number of nitrogens with zero attached hydrogens (tertiary/aromatic N) is 3. The lowest BCUT2D eigenvalue weighted by molar-refractivity contribution is 0.476. The second-order valence-corrected chi connectivity index (χ2v) is 5.64. The highest BCUT2D eigenvalue weighted by Crippen LogP contribution is 2.39. The van der Waals surface area contributed by atoms with Gasteiger partial charge in [0.25, 0.3) is 0 Å². The molecule has 2 aromatic rings. The van der Waals surface area contributed by atoms with E-state index in [1.54, 1.807) is 0 Å². The van der Waals surface area contributed by atoms with Gasteiger partial charge in [0.1, 0.15) is 11.6 Å². The molecule has 1 atom stereocenters. The Kier molecular flexibility index (Phi) is 3.11. The molecule has 1 aromatic heterocycles. The van der Waals surface area contributed by atoms with Crippen molar-refractivity contribution in [3.8, 4) is 0 Å². The van der Waals surface area contributed by atoms with Gasteiger partial charge in [-0.3, -0.25) is 0 Å². The molecule has 4 heteroatoms. The van der Waals surface area contributed by atoms with E-state index in [0.29, 0.717) is 18.4 Å². The lowest BCUT2D eigenvalue weighted by Crippen LogP contribution is -2.24. The van der Waals surface area contributed by atoms with Gasteiger partial charge in [-0.05, 0) is 23.5 Å². The Morgan fingerprint density at radius 3 is 2.79 bits per heavy atom. The Morgan fingerprint density at radius 2 is 2.11 bits per heavy atom. The molecule has 0 spiro atoms. The summed E-state index contributed by atoms with van der Waals surface area (Å²) in [6.07, 6.45) is 1.07. The minimum absolute atomic E-state index is 0.391. The molecule has 0 aliphatic heterocycles. The molecule has 1 aliphatic rings. The first-order valence-corrected chi connectivity index (χ1v) is 6.90. The van der Waals surface area contributed by atoms with Crippen LogP contribution in [0.1, 0.15) is 42.5 Å². The second-order valence-electron chi connectivity index (χ2n) is 5.64. The fourth-order valence-corrected chi connectivity index (χ4v) is 2.81. The summed E-state index contributed by atoms with van der Waals surface area (Å²) >= 11 is 0. The summed E-state index contributed by atoms with van der Waals surface area (Å²) in [4.78, 5) is 0. The van der Waals surface area contributed by atoms with Crippen LogP contribution in [0.15, 0.2) is 24.3 Å². The summed E-state index contributed by atoms with van der Waals surface area (Å²) in [6, 6.07) is 8.58. The lowest BCUT2D eigenvalue weighted by Gasteiger charge is -2.30. The zero-order valence-electron chi connectivity index (χ0n) is 11.5. The van der Waals surface area contributed by atoms with Crippen molar-refractivity contribution in [3.05, 3.63) is 47.0 Å². The van der Waals surface area contributed by atoms with Gasteiger partial charge in [-0.1, -0.05) is 38.1 Å². The average molecular weight is 256 g/mol. The molecular formula is C15H20N4. The highest BCUT2D eigenvalue weighted by Gasteiger charge is 2.31. The van der Waals surface area contributed by atoms with Gasteiger partial charge in [0.2, 0.25) is 0 Å². The van der Waals surface area contributed by atoms with Gasteiger partial charge in [-0.15, -0.1) is 10.2 Å². The monoisotopic (exact) mass is 256 g/mol. The molecule has 2 N–H and O–H groups in total. The number of benzene rings is 1. The molecule has 100 valence electrons. The highest BCUT2D eigenvalue weighted by molar-refractivity contribution is 5.44. The number of aromatic nitrogens is 3. The third-order valence-corrected chi connectivity index (χ3v) is 3.75. The van der Waals surface area contributed by atoms with Crippen LogP contribution >= 0.6 is 0 Å². The predicted molar refractivity (Wildman–Crippen MR) is 74.7 cm³/mol. The van der Waals surface area contributed by atoms with Crippen LogP contribution in [0.25, 0.3) is 0 Å². The van der Waals surface area contributed by atoms with Crippen LogP contribution < -0.4 is 5.73 Å². The Bertz CT molecular complexity index is 586. The van der Waals surface area contributed by atoms with Crippen molar-refractivity contribution < 1.29 is 0 Å². The number of nitrogens with two attached hydrogens (primary N) is 1. The Labute approximate surface area is 113 Å². The summed E-state index contributed by atoms with van der Waals surface area (Å²) < 4.78 is 2.21. The molecule has 0 saturated carbocycles. The van der Waals surface area contributed by atoms with E-state index < -0.39 is 0 Å². The largest absolute Gasteiger partial charge is 0.324 e. The van der Waals surface area contributed by atoms with E-state index in [0.717, 1.165) is 24.6 Å². The van der Waals surface area contributed by atoms with Crippen LogP contribution in [0.4, 0.5) is 0 Å². The lowest BCUT2D eigenvalue weighted by atomic mass is 9.77. The summed E-state index contributed by atoms with van der Waals surface area (Å²) in [6.45, 7) is 5.80. The first kappa shape index (κ1) is 12.4. The number of fused-ring (bicyclic) bond motifs is 1. The molecule has 1 aromatic carbocycles. The quantitative estimate of drug-likeness (QED) is 0.911. The SMILES string of the molecule is CC(C)Cn1c(CN)nnc1C1Cc2ccccc21. The van der Waals surface area contributed by atoms with Crippen LogP contribution in [0.3, 0.4) is 0 Å². The van der Waals surface area contributed by atoms with E-state index in [1.807, 2.05) is 0 Å². The Hall–Kier alpha value is -1.68. The van der Waals surface area contributed by atoms with Crippen molar-refractivity contribution in [1.82, 2.24) is 14.8 Å². The number of hydrogen-bond donors (Lipinski definition) is 1. The zero-order valence-corrected chi connectivity index (χ0v) is 11.5. The molecule has 19 heavy (non-hydrogen) atoms. The number of hydrogen-bond acceptors (Lipinski definition) is 3. The summed E-state index contributed by atoms with van der Waals surface area (Å²) in [7, 11) is 0. The van der Waals surface area contributed by atoms with Gasteiger partial charge in [0, 0.05) is 12.5 Å². The Balaban J connectivity index is 1.96. The third-order valence-electron chi connectivity index (χ3n) is 3.75. The fraction of sp³-hybridized carbons (Fsp3) is 0.467. The zero-order chi connectivity index (χ0) is 13.4. The maximum atomic E-state index is 5.77. The summed E-state index contributed by atoms with van der Waals surface area (Å²) in [5, 5.41) is 8.65. The molecule has 0 fully saturated rings. The van der Waals surface area contributed by atoms with Crippen molar-refractivity contribution >= 4 is 0 Å². The fourth-order valence-electron chi connectivity index (χ4n) is 2.81. The van der Waals surface area contributed by atoms with E-state index >= 15 is 0 Å². The molecule has 1 heterocycles. The smallest absolute Gasteiger partial charge is 0.146 e. The van der Waals surface area contributed by atoms with Crippen LogP contribution in [-0.2, 0) is 19.5 Å². The van der Waals surface area contributed by atoms with E-state index in [1.165, 1.54) is 11.1 Å². The van der Waals surface area contributed by atoms with Crippen molar-refractivity contribution in [3.63, 3.8) is 0 Å². The molecule has 0 saturated heterocycles.